The van der Waals surface area contributed by atoms with Crippen molar-refractivity contribution in [1.29, 1.82) is 0 Å². The van der Waals surface area contributed by atoms with Crippen molar-refractivity contribution in [2.75, 3.05) is 0 Å². The first-order valence-electron chi connectivity index (χ1n) is 8.96. The molecule has 0 aromatic carbocycles. The van der Waals surface area contributed by atoms with Gasteiger partial charge in [-0.05, 0) is 74.0 Å². The number of rotatable bonds is 2. The Morgan fingerprint density at radius 3 is 1.85 bits per heavy atom. The predicted octanol–water partition coefficient (Wildman–Crippen LogP) is 6.24. The molecule has 3 saturated carbocycles. The summed E-state index contributed by atoms with van der Waals surface area (Å²) in [7, 11) is 0. The Morgan fingerprint density at radius 2 is 1.50 bits per heavy atom. The van der Waals surface area contributed by atoms with Crippen LogP contribution in [0.25, 0.3) is 0 Å². The molecule has 0 aromatic heterocycles. The molecule has 0 spiro atoms. The zero-order valence-corrected chi connectivity index (χ0v) is 13.7. The van der Waals surface area contributed by atoms with Crippen molar-refractivity contribution in [1.82, 2.24) is 0 Å². The van der Waals surface area contributed by atoms with Gasteiger partial charge in [-0.2, -0.15) is 0 Å². The van der Waals surface area contributed by atoms with Gasteiger partial charge in [0.05, 0.1) is 0 Å². The van der Waals surface area contributed by atoms with E-state index in [4.69, 9.17) is 0 Å². The molecule has 0 aliphatic heterocycles. The predicted molar refractivity (Wildman–Crippen MR) is 89.6 cm³/mol. The number of hydrogen-bond acceptors (Lipinski definition) is 0. The summed E-state index contributed by atoms with van der Waals surface area (Å²) in [6.07, 6.45) is 16.8. The summed E-state index contributed by atoms with van der Waals surface area (Å²) in [6, 6.07) is 0. The average Bonchev–Trinajstić information content (AvgIpc) is 3.25. The average molecular weight is 274 g/mol. The summed E-state index contributed by atoms with van der Waals surface area (Å²) in [6.45, 7) is 10.8. The first-order valence-corrected chi connectivity index (χ1v) is 8.96. The van der Waals surface area contributed by atoms with Crippen LogP contribution in [0.5, 0.6) is 0 Å². The molecule has 4 bridgehead atoms. The summed E-state index contributed by atoms with van der Waals surface area (Å²) >= 11 is 0. The van der Waals surface area contributed by atoms with Gasteiger partial charge in [0.25, 0.3) is 0 Å². The molecular formula is C20H34. The Balaban J connectivity index is 0.000000140. The third kappa shape index (κ3) is 3.38. The first kappa shape index (κ1) is 15.9. The molecule has 0 heteroatoms. The molecule has 6 atom stereocenters. The van der Waals surface area contributed by atoms with Crippen LogP contribution in [0.1, 0.15) is 65.2 Å². The Morgan fingerprint density at radius 1 is 0.900 bits per heavy atom. The van der Waals surface area contributed by atoms with E-state index < -0.39 is 0 Å². The molecule has 0 nitrogen and oxygen atoms in total. The lowest BCUT2D eigenvalue weighted by Gasteiger charge is -2.27. The van der Waals surface area contributed by atoms with E-state index in [0.717, 1.165) is 35.5 Å². The van der Waals surface area contributed by atoms with Crippen molar-refractivity contribution in [2.45, 2.75) is 65.2 Å². The number of allylic oxidation sites excluding steroid dienone is 2. The second-order valence-corrected chi connectivity index (χ2v) is 7.36. The molecule has 0 heterocycles. The van der Waals surface area contributed by atoms with Crippen molar-refractivity contribution in [3.05, 3.63) is 25.3 Å². The maximum atomic E-state index is 3.00. The minimum absolute atomic E-state index is 0.991. The zero-order chi connectivity index (χ0) is 14.5. The maximum absolute atomic E-state index is 3.00. The summed E-state index contributed by atoms with van der Waals surface area (Å²) in [5.41, 5.74) is 0. The lowest BCUT2D eigenvalue weighted by Crippen LogP contribution is -2.19. The van der Waals surface area contributed by atoms with E-state index in [1.165, 1.54) is 32.1 Å². The van der Waals surface area contributed by atoms with Crippen molar-refractivity contribution in [3.8, 4) is 0 Å². The van der Waals surface area contributed by atoms with E-state index in [2.05, 4.69) is 39.2 Å². The normalized spacial score (nSPS) is 42.9. The van der Waals surface area contributed by atoms with E-state index in [1.807, 2.05) is 0 Å². The second kappa shape index (κ2) is 7.48. The van der Waals surface area contributed by atoms with Gasteiger partial charge in [0.15, 0.2) is 0 Å². The maximum Gasteiger partial charge on any atom is -0.0228 e. The van der Waals surface area contributed by atoms with Crippen LogP contribution < -0.4 is 0 Å². The fourth-order valence-corrected chi connectivity index (χ4v) is 5.25. The SMILES string of the molecule is C1=CC2CCC1C2.C=C.CCCC1C2CCC(C2)C1C. The molecule has 6 unspecified atom stereocenters. The van der Waals surface area contributed by atoms with E-state index in [0.29, 0.717) is 0 Å². The molecule has 0 N–H and O–H groups in total. The number of hydrogen-bond donors (Lipinski definition) is 0. The van der Waals surface area contributed by atoms with Gasteiger partial charge >= 0.3 is 0 Å². The lowest BCUT2D eigenvalue weighted by molar-refractivity contribution is 0.224. The smallest absolute Gasteiger partial charge is 0.0228 e. The van der Waals surface area contributed by atoms with Gasteiger partial charge in [0.1, 0.15) is 0 Å². The highest BCUT2D eigenvalue weighted by atomic mass is 14.5. The Bertz CT molecular complexity index is 302. The molecule has 3 fully saturated rings. The highest BCUT2D eigenvalue weighted by molar-refractivity contribution is 5.06. The Kier molecular flexibility index (Phi) is 5.93. The quantitative estimate of drug-likeness (QED) is 0.523. The van der Waals surface area contributed by atoms with Gasteiger partial charge in [-0.15, -0.1) is 13.2 Å². The summed E-state index contributed by atoms with van der Waals surface area (Å²) in [5, 5.41) is 0. The molecule has 4 aliphatic carbocycles. The van der Waals surface area contributed by atoms with Crippen LogP contribution in [0.3, 0.4) is 0 Å². The molecule has 0 amide bonds. The van der Waals surface area contributed by atoms with E-state index in [-0.39, 0.29) is 0 Å². The topological polar surface area (TPSA) is 0 Å². The van der Waals surface area contributed by atoms with Crippen LogP contribution in [-0.4, -0.2) is 0 Å². The summed E-state index contributed by atoms with van der Waals surface area (Å²) < 4.78 is 0. The van der Waals surface area contributed by atoms with Crippen molar-refractivity contribution < 1.29 is 0 Å². The highest BCUT2D eigenvalue weighted by Gasteiger charge is 2.44. The molecule has 0 saturated heterocycles. The van der Waals surface area contributed by atoms with Gasteiger partial charge in [-0.1, -0.05) is 38.8 Å². The van der Waals surface area contributed by atoms with Crippen molar-refractivity contribution in [2.24, 2.45) is 35.5 Å². The third-order valence-corrected chi connectivity index (χ3v) is 6.33. The molecular weight excluding hydrogens is 240 g/mol. The summed E-state index contributed by atoms with van der Waals surface area (Å²) in [4.78, 5) is 0. The zero-order valence-electron chi connectivity index (χ0n) is 13.7. The monoisotopic (exact) mass is 274 g/mol. The van der Waals surface area contributed by atoms with Gasteiger partial charge < -0.3 is 0 Å². The van der Waals surface area contributed by atoms with Gasteiger partial charge in [0, 0.05) is 0 Å². The highest BCUT2D eigenvalue weighted by Crippen LogP contribution is 2.53. The Labute approximate surface area is 126 Å². The third-order valence-electron chi connectivity index (χ3n) is 6.33. The minimum Gasteiger partial charge on any atom is -0.106 e. The Hall–Kier alpha value is -0.520. The molecule has 0 radical (unpaired) electrons. The van der Waals surface area contributed by atoms with E-state index in [9.17, 15) is 0 Å². The minimum atomic E-state index is 0.991. The summed E-state index contributed by atoms with van der Waals surface area (Å²) in [5.74, 6) is 6.41. The molecule has 0 aromatic rings. The van der Waals surface area contributed by atoms with Gasteiger partial charge in [-0.3, -0.25) is 0 Å². The van der Waals surface area contributed by atoms with Gasteiger partial charge in [0.2, 0.25) is 0 Å². The van der Waals surface area contributed by atoms with Crippen LogP contribution in [0.2, 0.25) is 0 Å². The fourth-order valence-electron chi connectivity index (χ4n) is 5.25. The van der Waals surface area contributed by atoms with Gasteiger partial charge in [-0.25, -0.2) is 0 Å². The molecule has 4 rings (SSSR count). The molecule has 114 valence electrons. The molecule has 20 heavy (non-hydrogen) atoms. The molecule has 4 aliphatic rings. The van der Waals surface area contributed by atoms with Crippen molar-refractivity contribution >= 4 is 0 Å². The first-order chi connectivity index (χ1) is 9.78. The van der Waals surface area contributed by atoms with Crippen molar-refractivity contribution in [3.63, 3.8) is 0 Å². The van der Waals surface area contributed by atoms with Crippen LogP contribution >= 0.6 is 0 Å². The number of fused-ring (bicyclic) bond motifs is 4. The van der Waals surface area contributed by atoms with Crippen LogP contribution in [-0.2, 0) is 0 Å². The van der Waals surface area contributed by atoms with E-state index >= 15 is 0 Å². The second-order valence-electron chi connectivity index (χ2n) is 7.36. The standard InChI is InChI=1S/C11H20.C7H10.C2H4/c1-3-4-11-8(2)9-5-6-10(11)7-9;1-2-7-4-3-6(1)5-7;1-2/h8-11H,3-7H2,1-2H3;1-2,6-7H,3-5H2;1-2H2. The van der Waals surface area contributed by atoms with Crippen LogP contribution in [0.4, 0.5) is 0 Å². The fraction of sp³-hybridized carbons (Fsp3) is 0.800. The van der Waals surface area contributed by atoms with Crippen LogP contribution in [0, 0.1) is 35.5 Å². The van der Waals surface area contributed by atoms with E-state index in [1.54, 1.807) is 19.3 Å². The lowest BCUT2D eigenvalue weighted by atomic mass is 9.78. The van der Waals surface area contributed by atoms with Crippen LogP contribution in [0.15, 0.2) is 25.3 Å². The largest absolute Gasteiger partial charge is 0.106 e.